The van der Waals surface area contributed by atoms with Crippen molar-refractivity contribution in [1.29, 1.82) is 0 Å². The molecule has 0 bridgehead atoms. The summed E-state index contributed by atoms with van der Waals surface area (Å²) in [6, 6.07) is 14.5. The minimum atomic E-state index is -3.74. The standard InChI is InChI=1S/C20H19N3O4S/c1-14-5-3-7-17(11-14)28(25,26)23-16-8-9-18(19(12-16)27-2)22-20(24)15-6-4-10-21-13-15/h3-13,23H,1-2H3,(H,22,24). The van der Waals surface area contributed by atoms with Crippen molar-refractivity contribution in [2.45, 2.75) is 11.8 Å². The monoisotopic (exact) mass is 397 g/mol. The van der Waals surface area contributed by atoms with Gasteiger partial charge in [-0.15, -0.1) is 0 Å². The number of sulfonamides is 1. The Kier molecular flexibility index (Phi) is 5.60. The van der Waals surface area contributed by atoms with Gasteiger partial charge in [0.15, 0.2) is 0 Å². The number of aryl methyl sites for hydroxylation is 1. The molecule has 0 saturated heterocycles. The predicted octanol–water partition coefficient (Wildman–Crippen LogP) is 3.45. The van der Waals surface area contributed by atoms with Crippen LogP contribution in [0.2, 0.25) is 0 Å². The molecule has 28 heavy (non-hydrogen) atoms. The molecule has 1 heterocycles. The van der Waals surface area contributed by atoms with E-state index in [0.29, 0.717) is 22.7 Å². The summed E-state index contributed by atoms with van der Waals surface area (Å²) in [6.45, 7) is 1.82. The zero-order valence-electron chi connectivity index (χ0n) is 15.3. The average Bonchev–Trinajstić information content (AvgIpc) is 2.69. The second-order valence-electron chi connectivity index (χ2n) is 6.03. The average molecular weight is 397 g/mol. The second kappa shape index (κ2) is 8.10. The Morgan fingerprint density at radius 3 is 2.57 bits per heavy atom. The molecule has 0 aliphatic carbocycles. The zero-order chi connectivity index (χ0) is 20.1. The molecule has 2 N–H and O–H groups in total. The SMILES string of the molecule is COc1cc(NS(=O)(=O)c2cccc(C)c2)ccc1NC(=O)c1cccnc1. The molecule has 1 amide bonds. The number of amides is 1. The summed E-state index contributed by atoms with van der Waals surface area (Å²) in [4.78, 5) is 16.4. The lowest BCUT2D eigenvalue weighted by Gasteiger charge is -2.13. The van der Waals surface area contributed by atoms with Crippen LogP contribution in [-0.4, -0.2) is 26.4 Å². The molecule has 3 aromatic rings. The molecule has 144 valence electrons. The summed E-state index contributed by atoms with van der Waals surface area (Å²) >= 11 is 0. The van der Waals surface area contributed by atoms with Crippen LogP contribution < -0.4 is 14.8 Å². The van der Waals surface area contributed by atoms with Crippen LogP contribution in [0.5, 0.6) is 5.75 Å². The normalized spacial score (nSPS) is 10.9. The van der Waals surface area contributed by atoms with E-state index in [-0.39, 0.29) is 10.8 Å². The molecule has 0 saturated carbocycles. The molecule has 0 unspecified atom stereocenters. The molecule has 0 spiro atoms. The van der Waals surface area contributed by atoms with E-state index in [0.717, 1.165) is 5.56 Å². The predicted molar refractivity (Wildman–Crippen MR) is 107 cm³/mol. The number of benzene rings is 2. The summed E-state index contributed by atoms with van der Waals surface area (Å²) in [7, 11) is -2.30. The van der Waals surface area contributed by atoms with Gasteiger partial charge in [0.05, 0.1) is 28.9 Å². The van der Waals surface area contributed by atoms with E-state index in [1.165, 1.54) is 25.4 Å². The maximum atomic E-state index is 12.6. The zero-order valence-corrected chi connectivity index (χ0v) is 16.2. The van der Waals surface area contributed by atoms with Gasteiger partial charge in [0, 0.05) is 18.5 Å². The van der Waals surface area contributed by atoms with Gasteiger partial charge in [0.25, 0.3) is 15.9 Å². The highest BCUT2D eigenvalue weighted by Crippen LogP contribution is 2.29. The van der Waals surface area contributed by atoms with Gasteiger partial charge in [0.2, 0.25) is 0 Å². The first kappa shape index (κ1) is 19.4. The molecular formula is C20H19N3O4S. The maximum Gasteiger partial charge on any atom is 0.261 e. The Morgan fingerprint density at radius 2 is 1.89 bits per heavy atom. The van der Waals surface area contributed by atoms with Crippen LogP contribution in [0.1, 0.15) is 15.9 Å². The molecule has 0 atom stereocenters. The van der Waals surface area contributed by atoms with E-state index in [9.17, 15) is 13.2 Å². The highest BCUT2D eigenvalue weighted by Gasteiger charge is 2.16. The first-order chi connectivity index (χ1) is 13.4. The van der Waals surface area contributed by atoms with Crippen molar-refractivity contribution in [3.63, 3.8) is 0 Å². The van der Waals surface area contributed by atoms with E-state index in [1.54, 1.807) is 42.6 Å². The van der Waals surface area contributed by atoms with Gasteiger partial charge in [-0.2, -0.15) is 0 Å². The number of carbonyl (C=O) groups excluding carboxylic acids is 1. The van der Waals surface area contributed by atoms with Crippen molar-refractivity contribution >= 4 is 27.3 Å². The minimum Gasteiger partial charge on any atom is -0.494 e. The lowest BCUT2D eigenvalue weighted by atomic mass is 10.2. The Hall–Kier alpha value is -3.39. The Balaban J connectivity index is 1.82. The van der Waals surface area contributed by atoms with Crippen LogP contribution in [0.25, 0.3) is 0 Å². The van der Waals surface area contributed by atoms with Crippen LogP contribution in [-0.2, 0) is 10.0 Å². The van der Waals surface area contributed by atoms with Gasteiger partial charge in [0.1, 0.15) is 5.75 Å². The number of rotatable bonds is 6. The van der Waals surface area contributed by atoms with Gasteiger partial charge >= 0.3 is 0 Å². The van der Waals surface area contributed by atoms with E-state index < -0.39 is 10.0 Å². The van der Waals surface area contributed by atoms with E-state index in [2.05, 4.69) is 15.0 Å². The lowest BCUT2D eigenvalue weighted by Crippen LogP contribution is -2.14. The highest BCUT2D eigenvalue weighted by molar-refractivity contribution is 7.92. The van der Waals surface area contributed by atoms with Crippen molar-refractivity contribution in [2.24, 2.45) is 0 Å². The van der Waals surface area contributed by atoms with Crippen molar-refractivity contribution < 1.29 is 17.9 Å². The molecule has 7 nitrogen and oxygen atoms in total. The van der Waals surface area contributed by atoms with E-state index in [4.69, 9.17) is 4.74 Å². The van der Waals surface area contributed by atoms with Crippen LogP contribution >= 0.6 is 0 Å². The van der Waals surface area contributed by atoms with Crippen molar-refractivity contribution in [3.8, 4) is 5.75 Å². The number of nitrogens with zero attached hydrogens (tertiary/aromatic N) is 1. The third kappa shape index (κ3) is 4.47. The topological polar surface area (TPSA) is 97.4 Å². The highest BCUT2D eigenvalue weighted by atomic mass is 32.2. The fourth-order valence-electron chi connectivity index (χ4n) is 2.55. The summed E-state index contributed by atoms with van der Waals surface area (Å²) in [5.74, 6) is -0.0267. The molecule has 0 aliphatic rings. The Labute approximate surface area is 163 Å². The molecule has 0 aliphatic heterocycles. The van der Waals surface area contributed by atoms with Crippen LogP contribution in [0.3, 0.4) is 0 Å². The van der Waals surface area contributed by atoms with Crippen molar-refractivity contribution in [2.75, 3.05) is 17.1 Å². The molecule has 2 aromatic carbocycles. The van der Waals surface area contributed by atoms with Gasteiger partial charge < -0.3 is 10.1 Å². The van der Waals surface area contributed by atoms with E-state index in [1.807, 2.05) is 13.0 Å². The van der Waals surface area contributed by atoms with Gasteiger partial charge in [-0.25, -0.2) is 8.42 Å². The minimum absolute atomic E-state index is 0.167. The number of anilines is 2. The van der Waals surface area contributed by atoms with E-state index >= 15 is 0 Å². The Morgan fingerprint density at radius 1 is 1.07 bits per heavy atom. The van der Waals surface area contributed by atoms with Crippen molar-refractivity contribution in [3.05, 3.63) is 78.1 Å². The number of pyridine rings is 1. The fourth-order valence-corrected chi connectivity index (χ4v) is 3.70. The summed E-state index contributed by atoms with van der Waals surface area (Å²) in [5.41, 5.74) is 1.97. The number of carbonyl (C=O) groups is 1. The van der Waals surface area contributed by atoms with Crippen LogP contribution in [0, 0.1) is 6.92 Å². The molecular weight excluding hydrogens is 378 g/mol. The largest absolute Gasteiger partial charge is 0.494 e. The molecule has 1 aromatic heterocycles. The number of hydrogen-bond acceptors (Lipinski definition) is 5. The molecule has 0 fully saturated rings. The number of ether oxygens (including phenoxy) is 1. The summed E-state index contributed by atoms with van der Waals surface area (Å²) < 4.78 is 33.0. The van der Waals surface area contributed by atoms with Gasteiger partial charge in [-0.05, 0) is 48.9 Å². The maximum absolute atomic E-state index is 12.6. The summed E-state index contributed by atoms with van der Waals surface area (Å²) in [6.07, 6.45) is 3.03. The molecule has 8 heteroatoms. The number of nitrogens with one attached hydrogen (secondary N) is 2. The fraction of sp³-hybridized carbons (Fsp3) is 0.100. The summed E-state index contributed by atoms with van der Waals surface area (Å²) in [5, 5.41) is 2.73. The van der Waals surface area contributed by atoms with Gasteiger partial charge in [-0.3, -0.25) is 14.5 Å². The van der Waals surface area contributed by atoms with Gasteiger partial charge in [-0.1, -0.05) is 12.1 Å². The van der Waals surface area contributed by atoms with Crippen LogP contribution in [0.15, 0.2) is 71.9 Å². The molecule has 3 rings (SSSR count). The lowest BCUT2D eigenvalue weighted by molar-refractivity contribution is 0.102. The number of hydrogen-bond donors (Lipinski definition) is 2. The third-order valence-electron chi connectivity index (χ3n) is 3.93. The quantitative estimate of drug-likeness (QED) is 0.664. The first-order valence-electron chi connectivity index (χ1n) is 8.38. The molecule has 0 radical (unpaired) electrons. The third-order valence-corrected chi connectivity index (χ3v) is 5.30. The smallest absolute Gasteiger partial charge is 0.261 e. The van der Waals surface area contributed by atoms with Crippen molar-refractivity contribution in [1.82, 2.24) is 4.98 Å². The first-order valence-corrected chi connectivity index (χ1v) is 9.86. The second-order valence-corrected chi connectivity index (χ2v) is 7.72. The van der Waals surface area contributed by atoms with Crippen LogP contribution in [0.4, 0.5) is 11.4 Å². The Bertz CT molecular complexity index is 1100. The number of aromatic nitrogens is 1. The number of methoxy groups -OCH3 is 1.